The van der Waals surface area contributed by atoms with Gasteiger partial charge in [0.2, 0.25) is 0 Å². The van der Waals surface area contributed by atoms with Gasteiger partial charge >= 0.3 is 5.69 Å². The van der Waals surface area contributed by atoms with Crippen molar-refractivity contribution in [3.63, 3.8) is 0 Å². The Labute approximate surface area is 178 Å². The molecular formula is C18H11Cl2N5O5. The van der Waals surface area contributed by atoms with Gasteiger partial charge in [-0.1, -0.05) is 35.3 Å². The lowest BCUT2D eigenvalue weighted by atomic mass is 10.1. The molecule has 3 aromatic rings. The van der Waals surface area contributed by atoms with Gasteiger partial charge in [0.1, 0.15) is 17.5 Å². The second-order valence-corrected chi connectivity index (χ2v) is 7.22. The highest BCUT2D eigenvalue weighted by Gasteiger charge is 2.36. The van der Waals surface area contributed by atoms with Gasteiger partial charge in [-0.2, -0.15) is 9.78 Å². The number of nitro groups is 1. The van der Waals surface area contributed by atoms with Crippen molar-refractivity contribution < 1.29 is 14.5 Å². The van der Waals surface area contributed by atoms with Gasteiger partial charge in [0.25, 0.3) is 17.5 Å². The average molecular weight is 448 g/mol. The van der Waals surface area contributed by atoms with Crippen molar-refractivity contribution in [3.05, 3.63) is 84.0 Å². The summed E-state index contributed by atoms with van der Waals surface area (Å²) < 4.78 is 1.96. The number of amides is 2. The Morgan fingerprint density at radius 2 is 1.63 bits per heavy atom. The molecule has 10 nitrogen and oxygen atoms in total. The number of imide groups is 1. The van der Waals surface area contributed by atoms with Crippen molar-refractivity contribution >= 4 is 40.7 Å². The molecule has 0 fully saturated rings. The molecule has 1 aromatic heterocycles. The second kappa shape index (κ2) is 7.08. The molecule has 0 atom stereocenters. The molecule has 0 N–H and O–H groups in total. The molecule has 0 saturated heterocycles. The molecule has 0 saturated carbocycles. The minimum Gasteiger partial charge on any atom is -0.269 e. The molecule has 0 bridgehead atoms. The maximum absolute atomic E-state index is 12.9. The number of nitrogens with zero attached hydrogens (tertiary/aromatic N) is 5. The van der Waals surface area contributed by atoms with E-state index in [0.717, 1.165) is 26.3 Å². The predicted octanol–water partition coefficient (Wildman–Crippen LogP) is 2.81. The number of fused-ring (bicyclic) bond motifs is 1. The molecule has 30 heavy (non-hydrogen) atoms. The second-order valence-electron chi connectivity index (χ2n) is 6.41. The number of aromatic nitrogens is 3. The van der Waals surface area contributed by atoms with E-state index >= 15 is 0 Å². The summed E-state index contributed by atoms with van der Waals surface area (Å²) in [5, 5.41) is 15.0. The van der Waals surface area contributed by atoms with Crippen LogP contribution in [0.5, 0.6) is 0 Å². The summed E-state index contributed by atoms with van der Waals surface area (Å²) in [7, 11) is 0. The first-order valence-corrected chi connectivity index (χ1v) is 9.21. The topological polar surface area (TPSA) is 120 Å². The van der Waals surface area contributed by atoms with Crippen LogP contribution in [0.1, 0.15) is 26.5 Å². The Morgan fingerprint density at radius 1 is 1.03 bits per heavy atom. The fourth-order valence-corrected chi connectivity index (χ4v) is 3.68. The van der Waals surface area contributed by atoms with Crippen LogP contribution >= 0.6 is 23.2 Å². The molecule has 0 radical (unpaired) electrons. The molecule has 1 aliphatic rings. The Kier molecular flexibility index (Phi) is 4.67. The highest BCUT2D eigenvalue weighted by molar-refractivity contribution is 6.37. The van der Waals surface area contributed by atoms with Crippen molar-refractivity contribution in [2.24, 2.45) is 0 Å². The van der Waals surface area contributed by atoms with Crippen LogP contribution in [0.3, 0.4) is 0 Å². The van der Waals surface area contributed by atoms with Crippen LogP contribution in [0.25, 0.3) is 5.69 Å². The van der Waals surface area contributed by atoms with Gasteiger partial charge < -0.3 is 0 Å². The molecule has 0 aliphatic carbocycles. The standard InChI is InChI=1S/C18H11Cl2N5O5/c1-9-21-24(14-7-15(25(29)30)13(20)6-12(14)19)18(28)22(9)8-23-16(26)10-4-2-3-5-11(10)17(23)27/h2-7H,8H2,1H3. The summed E-state index contributed by atoms with van der Waals surface area (Å²) in [4.78, 5) is 49.5. The summed E-state index contributed by atoms with van der Waals surface area (Å²) in [6, 6.07) is 8.51. The normalized spacial score (nSPS) is 13.1. The lowest BCUT2D eigenvalue weighted by molar-refractivity contribution is -0.384. The highest BCUT2D eigenvalue weighted by Crippen LogP contribution is 2.32. The third kappa shape index (κ3) is 2.97. The van der Waals surface area contributed by atoms with Crippen LogP contribution in [-0.4, -0.2) is 36.0 Å². The summed E-state index contributed by atoms with van der Waals surface area (Å²) >= 11 is 11.9. The van der Waals surface area contributed by atoms with Gasteiger partial charge in [-0.25, -0.2) is 4.79 Å². The number of hydrogen-bond acceptors (Lipinski definition) is 6. The Balaban J connectivity index is 1.76. The molecule has 0 spiro atoms. The first-order chi connectivity index (χ1) is 14.2. The van der Waals surface area contributed by atoms with Crippen molar-refractivity contribution in [3.8, 4) is 5.69 Å². The van der Waals surface area contributed by atoms with E-state index in [9.17, 15) is 24.5 Å². The smallest absolute Gasteiger partial charge is 0.269 e. The molecule has 2 heterocycles. The third-order valence-corrected chi connectivity index (χ3v) is 5.26. The van der Waals surface area contributed by atoms with Crippen LogP contribution < -0.4 is 5.69 Å². The van der Waals surface area contributed by atoms with Crippen LogP contribution in [-0.2, 0) is 6.67 Å². The average Bonchev–Trinajstić information content (AvgIpc) is 3.11. The van der Waals surface area contributed by atoms with Gasteiger partial charge in [0, 0.05) is 6.07 Å². The lowest BCUT2D eigenvalue weighted by Gasteiger charge is -2.14. The summed E-state index contributed by atoms with van der Waals surface area (Å²) in [5.74, 6) is -0.894. The Bertz CT molecular complexity index is 1280. The van der Waals surface area contributed by atoms with Crippen LogP contribution in [0.2, 0.25) is 10.0 Å². The zero-order valence-electron chi connectivity index (χ0n) is 15.2. The number of halogens is 2. The van der Waals surface area contributed by atoms with Gasteiger partial charge in [-0.05, 0) is 25.1 Å². The molecule has 2 amide bonds. The van der Waals surface area contributed by atoms with Crippen molar-refractivity contribution in [1.29, 1.82) is 0 Å². The van der Waals surface area contributed by atoms with Crippen molar-refractivity contribution in [2.45, 2.75) is 13.6 Å². The number of carbonyl (C=O) groups excluding carboxylic acids is 2. The van der Waals surface area contributed by atoms with E-state index in [1.807, 2.05) is 0 Å². The number of benzene rings is 2. The van der Waals surface area contributed by atoms with E-state index in [4.69, 9.17) is 23.2 Å². The quantitative estimate of drug-likeness (QED) is 0.344. The van der Waals surface area contributed by atoms with Crippen molar-refractivity contribution in [1.82, 2.24) is 19.2 Å². The van der Waals surface area contributed by atoms with Gasteiger partial charge in [-0.15, -0.1) is 0 Å². The maximum Gasteiger partial charge on any atom is 0.352 e. The SMILES string of the molecule is Cc1nn(-c2cc([N+](=O)[O-])c(Cl)cc2Cl)c(=O)n1CN1C(=O)c2ccccc2C1=O. The summed E-state index contributed by atoms with van der Waals surface area (Å²) in [5.41, 5.74) is -0.742. The largest absolute Gasteiger partial charge is 0.352 e. The number of aryl methyl sites for hydroxylation is 1. The van der Waals surface area contributed by atoms with E-state index in [1.54, 1.807) is 12.1 Å². The number of rotatable bonds is 4. The Hall–Kier alpha value is -3.50. The summed E-state index contributed by atoms with van der Waals surface area (Å²) in [6.07, 6.45) is 0. The maximum atomic E-state index is 12.9. The first kappa shape index (κ1) is 19.8. The van der Waals surface area contributed by atoms with Gasteiger partial charge in [-0.3, -0.25) is 29.2 Å². The monoisotopic (exact) mass is 447 g/mol. The number of hydrogen-bond donors (Lipinski definition) is 0. The fraction of sp³-hybridized carbons (Fsp3) is 0.111. The van der Waals surface area contributed by atoms with Crippen LogP contribution in [0, 0.1) is 17.0 Å². The lowest BCUT2D eigenvalue weighted by Crippen LogP contribution is -2.37. The van der Waals surface area contributed by atoms with Crippen molar-refractivity contribution in [2.75, 3.05) is 0 Å². The van der Waals surface area contributed by atoms with E-state index in [2.05, 4.69) is 5.10 Å². The molecule has 12 heteroatoms. The third-order valence-electron chi connectivity index (χ3n) is 4.65. The first-order valence-electron chi connectivity index (χ1n) is 8.46. The minimum atomic E-state index is -0.734. The van der Waals surface area contributed by atoms with Crippen LogP contribution in [0.15, 0.2) is 41.2 Å². The molecule has 4 rings (SSSR count). The van der Waals surface area contributed by atoms with Gasteiger partial charge in [0.05, 0.1) is 26.8 Å². The fourth-order valence-electron chi connectivity index (χ4n) is 3.15. The molecule has 2 aromatic carbocycles. The molecule has 1 aliphatic heterocycles. The van der Waals surface area contributed by atoms with E-state index in [1.165, 1.54) is 19.1 Å². The van der Waals surface area contributed by atoms with Crippen LogP contribution in [0.4, 0.5) is 5.69 Å². The van der Waals surface area contributed by atoms with E-state index in [-0.39, 0.29) is 39.4 Å². The molecular weight excluding hydrogens is 437 g/mol. The van der Waals surface area contributed by atoms with Gasteiger partial charge in [0.15, 0.2) is 0 Å². The molecule has 0 unspecified atom stereocenters. The predicted molar refractivity (Wildman–Crippen MR) is 106 cm³/mol. The zero-order chi connectivity index (χ0) is 21.7. The number of carbonyl (C=O) groups is 2. The Morgan fingerprint density at radius 3 is 2.20 bits per heavy atom. The number of nitro benzene ring substituents is 1. The minimum absolute atomic E-state index is 0.0296. The van der Waals surface area contributed by atoms with E-state index < -0.39 is 28.1 Å². The highest BCUT2D eigenvalue weighted by atomic mass is 35.5. The summed E-state index contributed by atoms with van der Waals surface area (Å²) in [6.45, 7) is 1.12. The van der Waals surface area contributed by atoms with E-state index in [0.29, 0.717) is 0 Å². The zero-order valence-corrected chi connectivity index (χ0v) is 16.7. The molecule has 152 valence electrons.